The molecule has 0 spiro atoms. The van der Waals surface area contributed by atoms with Crippen LogP contribution in [0.25, 0.3) is 0 Å². The van der Waals surface area contributed by atoms with Crippen LogP contribution in [0.3, 0.4) is 0 Å². The standard InChI is InChI=1S/C23H20Cl3N5O4/c1-12(32)29-15-4-6-16(7-5-15)35-11-14-9-13(3-8-17(14)34-2)10-28-31-23(33)21-18(24)20(27)19(25)22(26)30-21/h3-10H,11H2,1-2H3,(H2,27,30)(H,29,32)(H,31,33)/b28-10-. The van der Waals surface area contributed by atoms with Gasteiger partial charge >= 0.3 is 0 Å². The molecule has 0 unspecified atom stereocenters. The second kappa shape index (κ2) is 11.7. The van der Waals surface area contributed by atoms with Crippen LogP contribution in [0.15, 0.2) is 47.6 Å². The van der Waals surface area contributed by atoms with Crippen LogP contribution in [0.1, 0.15) is 28.5 Å². The number of nitrogens with one attached hydrogen (secondary N) is 2. The van der Waals surface area contributed by atoms with Gasteiger partial charge in [0.05, 0.1) is 24.0 Å². The third kappa shape index (κ3) is 6.75. The Morgan fingerprint density at radius 2 is 1.83 bits per heavy atom. The minimum atomic E-state index is -0.712. The molecule has 0 saturated heterocycles. The number of anilines is 2. The third-order valence-corrected chi connectivity index (χ3v) is 5.68. The number of hydrogen-bond donors (Lipinski definition) is 3. The number of benzene rings is 2. The number of carbonyl (C=O) groups is 2. The maximum atomic E-state index is 12.4. The maximum Gasteiger partial charge on any atom is 0.291 e. The molecule has 0 aliphatic heterocycles. The summed E-state index contributed by atoms with van der Waals surface area (Å²) in [6.07, 6.45) is 1.43. The summed E-state index contributed by atoms with van der Waals surface area (Å²) in [6.45, 7) is 1.65. The molecule has 3 rings (SSSR count). The summed E-state index contributed by atoms with van der Waals surface area (Å²) in [6, 6.07) is 12.3. The largest absolute Gasteiger partial charge is 0.496 e. The van der Waals surface area contributed by atoms with E-state index in [0.29, 0.717) is 22.7 Å². The monoisotopic (exact) mass is 535 g/mol. The van der Waals surface area contributed by atoms with Crippen molar-refractivity contribution in [3.63, 3.8) is 0 Å². The molecule has 0 aliphatic rings. The summed E-state index contributed by atoms with van der Waals surface area (Å²) in [5.41, 5.74) is 9.88. The van der Waals surface area contributed by atoms with Gasteiger partial charge in [-0.3, -0.25) is 9.59 Å². The number of aromatic nitrogens is 1. The van der Waals surface area contributed by atoms with E-state index in [4.69, 9.17) is 50.0 Å². The second-order valence-electron chi connectivity index (χ2n) is 7.06. The lowest BCUT2D eigenvalue weighted by Crippen LogP contribution is -2.20. The number of nitrogens with two attached hydrogens (primary N) is 1. The van der Waals surface area contributed by atoms with Crippen molar-refractivity contribution >= 4 is 64.2 Å². The molecule has 2 amide bonds. The van der Waals surface area contributed by atoms with Crippen molar-refractivity contribution in [2.24, 2.45) is 5.10 Å². The van der Waals surface area contributed by atoms with Crippen LogP contribution in [0, 0.1) is 0 Å². The third-order valence-electron chi connectivity index (χ3n) is 4.54. The first-order chi connectivity index (χ1) is 16.7. The van der Waals surface area contributed by atoms with Crippen molar-refractivity contribution in [1.82, 2.24) is 10.4 Å². The number of rotatable bonds is 8. The van der Waals surface area contributed by atoms with Crippen molar-refractivity contribution < 1.29 is 19.1 Å². The molecule has 2 aromatic carbocycles. The average Bonchev–Trinajstić information content (AvgIpc) is 2.84. The zero-order valence-electron chi connectivity index (χ0n) is 18.6. The van der Waals surface area contributed by atoms with E-state index in [9.17, 15) is 9.59 Å². The fourth-order valence-corrected chi connectivity index (χ4v) is 3.48. The zero-order chi connectivity index (χ0) is 25.5. The van der Waals surface area contributed by atoms with Crippen molar-refractivity contribution in [3.05, 3.63) is 74.5 Å². The lowest BCUT2D eigenvalue weighted by atomic mass is 10.1. The first kappa shape index (κ1) is 26.1. The van der Waals surface area contributed by atoms with Crippen LogP contribution >= 0.6 is 34.8 Å². The molecule has 0 fully saturated rings. The highest BCUT2D eigenvalue weighted by atomic mass is 35.5. The number of halogens is 3. The predicted molar refractivity (Wildman–Crippen MR) is 137 cm³/mol. The average molecular weight is 537 g/mol. The highest BCUT2D eigenvalue weighted by molar-refractivity contribution is 6.46. The minimum Gasteiger partial charge on any atom is -0.496 e. The van der Waals surface area contributed by atoms with E-state index in [2.05, 4.69) is 20.8 Å². The van der Waals surface area contributed by atoms with Crippen molar-refractivity contribution in [2.75, 3.05) is 18.2 Å². The van der Waals surface area contributed by atoms with Gasteiger partial charge in [0.15, 0.2) is 10.8 Å². The fraction of sp³-hybridized carbons (Fsp3) is 0.130. The number of amides is 2. The number of methoxy groups -OCH3 is 1. The van der Waals surface area contributed by atoms with Gasteiger partial charge in [0.25, 0.3) is 5.91 Å². The summed E-state index contributed by atoms with van der Waals surface area (Å²) in [5, 5.41) is 6.32. The number of nitrogens with zero attached hydrogens (tertiary/aromatic N) is 2. The molecule has 0 aliphatic carbocycles. The zero-order valence-corrected chi connectivity index (χ0v) is 20.8. The Morgan fingerprint density at radius 3 is 2.49 bits per heavy atom. The second-order valence-corrected chi connectivity index (χ2v) is 8.17. The van der Waals surface area contributed by atoms with Crippen LogP contribution < -0.4 is 25.9 Å². The van der Waals surface area contributed by atoms with Crippen molar-refractivity contribution in [1.29, 1.82) is 0 Å². The smallest absolute Gasteiger partial charge is 0.291 e. The number of carbonyl (C=O) groups excluding carboxylic acids is 2. The van der Waals surface area contributed by atoms with Gasteiger partial charge in [-0.25, -0.2) is 10.4 Å². The van der Waals surface area contributed by atoms with Gasteiger partial charge in [-0.15, -0.1) is 0 Å². The van der Waals surface area contributed by atoms with Gasteiger partial charge in [-0.2, -0.15) is 5.10 Å². The Bertz CT molecular complexity index is 1280. The Kier molecular flexibility index (Phi) is 8.75. The van der Waals surface area contributed by atoms with E-state index in [-0.39, 0.29) is 39.1 Å². The molecule has 0 atom stereocenters. The summed E-state index contributed by atoms with van der Waals surface area (Å²) in [5.74, 6) is 0.357. The molecule has 0 saturated carbocycles. The van der Waals surface area contributed by atoms with Crippen molar-refractivity contribution in [2.45, 2.75) is 13.5 Å². The SMILES string of the molecule is COc1ccc(/C=N\NC(=O)c2nc(Cl)c(Cl)c(N)c2Cl)cc1COc1ccc(NC(C)=O)cc1. The number of pyridine rings is 1. The lowest BCUT2D eigenvalue weighted by molar-refractivity contribution is -0.114. The first-order valence-corrected chi connectivity index (χ1v) is 11.1. The molecule has 1 heterocycles. The molecule has 9 nitrogen and oxygen atoms in total. The fourth-order valence-electron chi connectivity index (χ4n) is 2.89. The quantitative estimate of drug-likeness (QED) is 0.213. The molecule has 0 bridgehead atoms. The molecule has 35 heavy (non-hydrogen) atoms. The summed E-state index contributed by atoms with van der Waals surface area (Å²) >= 11 is 17.8. The molecule has 0 radical (unpaired) electrons. The predicted octanol–water partition coefficient (Wildman–Crippen LogP) is 4.93. The van der Waals surface area contributed by atoms with Gasteiger partial charge in [-0.05, 0) is 48.0 Å². The van der Waals surface area contributed by atoms with E-state index >= 15 is 0 Å². The Balaban J connectivity index is 1.68. The van der Waals surface area contributed by atoms with E-state index in [1.807, 2.05) is 0 Å². The van der Waals surface area contributed by atoms with Crippen LogP contribution in [-0.4, -0.2) is 30.1 Å². The number of hydrazone groups is 1. The highest BCUT2D eigenvalue weighted by Gasteiger charge is 2.19. The highest BCUT2D eigenvalue weighted by Crippen LogP contribution is 2.34. The Morgan fingerprint density at radius 1 is 1.11 bits per heavy atom. The molecule has 12 heteroatoms. The van der Waals surface area contributed by atoms with Gasteiger partial charge in [-0.1, -0.05) is 34.8 Å². The van der Waals surface area contributed by atoms with Crippen LogP contribution in [0.4, 0.5) is 11.4 Å². The molecule has 4 N–H and O–H groups in total. The Labute approximate surface area is 216 Å². The topological polar surface area (TPSA) is 128 Å². The molecule has 1 aromatic heterocycles. The molecule has 182 valence electrons. The van der Waals surface area contributed by atoms with Crippen LogP contribution in [0.2, 0.25) is 15.2 Å². The van der Waals surface area contributed by atoms with E-state index in [1.165, 1.54) is 13.1 Å². The van der Waals surface area contributed by atoms with Gasteiger partial charge in [0.1, 0.15) is 23.1 Å². The van der Waals surface area contributed by atoms with E-state index < -0.39 is 5.91 Å². The molecule has 3 aromatic rings. The van der Waals surface area contributed by atoms with Crippen LogP contribution in [-0.2, 0) is 11.4 Å². The Hall–Kier alpha value is -3.53. The number of nitrogen functional groups attached to an aromatic ring is 1. The summed E-state index contributed by atoms with van der Waals surface area (Å²) in [7, 11) is 1.55. The minimum absolute atomic E-state index is 0.0339. The molecular formula is C23H20Cl3N5O4. The maximum absolute atomic E-state index is 12.4. The molecular weight excluding hydrogens is 517 g/mol. The van der Waals surface area contributed by atoms with E-state index in [1.54, 1.807) is 49.6 Å². The first-order valence-electron chi connectivity index (χ1n) is 10.00. The lowest BCUT2D eigenvalue weighted by Gasteiger charge is -2.12. The number of ether oxygens (including phenoxy) is 2. The normalized spacial score (nSPS) is 10.8. The summed E-state index contributed by atoms with van der Waals surface area (Å²) < 4.78 is 11.2. The number of hydrogen-bond acceptors (Lipinski definition) is 7. The van der Waals surface area contributed by atoms with Gasteiger partial charge < -0.3 is 20.5 Å². The van der Waals surface area contributed by atoms with Crippen LogP contribution in [0.5, 0.6) is 11.5 Å². The van der Waals surface area contributed by atoms with Gasteiger partial charge in [0, 0.05) is 18.2 Å². The van der Waals surface area contributed by atoms with Crippen molar-refractivity contribution in [3.8, 4) is 11.5 Å². The van der Waals surface area contributed by atoms with Gasteiger partial charge in [0.2, 0.25) is 5.91 Å². The van der Waals surface area contributed by atoms with E-state index in [0.717, 1.165) is 5.56 Å². The summed E-state index contributed by atoms with van der Waals surface area (Å²) in [4.78, 5) is 27.4.